The van der Waals surface area contributed by atoms with E-state index in [0.29, 0.717) is 6.61 Å². The summed E-state index contributed by atoms with van der Waals surface area (Å²) in [5.41, 5.74) is 0. The van der Waals surface area contributed by atoms with Crippen molar-refractivity contribution in [3.05, 3.63) is 0 Å². The molecule has 0 saturated carbocycles. The third-order valence-corrected chi connectivity index (χ3v) is 8.52. The van der Waals surface area contributed by atoms with Gasteiger partial charge in [-0.3, -0.25) is 0 Å². The molecule has 4 atom stereocenters. The van der Waals surface area contributed by atoms with Crippen LogP contribution in [0.5, 0.6) is 0 Å². The van der Waals surface area contributed by atoms with Crippen LogP contribution in [-0.2, 0) is 9.16 Å². The smallest absolute Gasteiger partial charge is 0.192 e. The van der Waals surface area contributed by atoms with Crippen LogP contribution in [0.15, 0.2) is 0 Å². The third-order valence-electron chi connectivity index (χ3n) is 4.02. The Labute approximate surface area is 105 Å². The Kier molecular flexibility index (Phi) is 4.42. The molecule has 0 bridgehead atoms. The molecule has 1 saturated heterocycles. The highest BCUT2D eigenvalue weighted by molar-refractivity contribution is 6.74. The molecule has 1 aliphatic rings. The molecule has 1 aliphatic heterocycles. The van der Waals surface area contributed by atoms with Gasteiger partial charge in [-0.2, -0.15) is 0 Å². The summed E-state index contributed by atoms with van der Waals surface area (Å²) >= 11 is 0. The first-order valence-electron chi connectivity index (χ1n) is 6.22. The molecule has 0 aromatic carbocycles. The largest absolute Gasteiger partial charge is 0.414 e. The van der Waals surface area contributed by atoms with Gasteiger partial charge in [-0.15, -0.1) is 0 Å². The fourth-order valence-electron chi connectivity index (χ4n) is 1.58. The minimum Gasteiger partial charge on any atom is -0.414 e. The van der Waals surface area contributed by atoms with Crippen molar-refractivity contribution in [2.75, 3.05) is 6.61 Å². The van der Waals surface area contributed by atoms with Crippen molar-refractivity contribution in [3.63, 3.8) is 0 Å². The third kappa shape index (κ3) is 3.29. The molecule has 0 spiro atoms. The van der Waals surface area contributed by atoms with Crippen LogP contribution in [0.2, 0.25) is 18.1 Å². The van der Waals surface area contributed by atoms with Crippen LogP contribution < -0.4 is 0 Å². The van der Waals surface area contributed by atoms with Gasteiger partial charge in [-0.25, -0.2) is 0 Å². The lowest BCUT2D eigenvalue weighted by Crippen LogP contribution is -2.44. The molecule has 102 valence electrons. The van der Waals surface area contributed by atoms with Crippen LogP contribution in [0.3, 0.4) is 0 Å². The summed E-state index contributed by atoms with van der Waals surface area (Å²) in [6.07, 6.45) is -2.37. The van der Waals surface area contributed by atoms with E-state index in [4.69, 9.17) is 9.16 Å². The monoisotopic (exact) mass is 262 g/mol. The molecule has 0 unspecified atom stereocenters. The standard InChI is InChI=1S/C12H26O4Si/c1-8-10(13)11(14)9(16-8)7-15-17(5,6)12(2,3)4/h8-11,13-14H,7H2,1-6H3/t8-,9+,10-,11+/m0/s1. The lowest BCUT2D eigenvalue weighted by Gasteiger charge is -2.37. The first-order chi connectivity index (χ1) is 7.56. The molecule has 17 heavy (non-hydrogen) atoms. The molecule has 2 N–H and O–H groups in total. The number of aliphatic hydroxyl groups is 2. The Bertz CT molecular complexity index is 262. The molecule has 5 heteroatoms. The summed E-state index contributed by atoms with van der Waals surface area (Å²) in [5.74, 6) is 0. The lowest BCUT2D eigenvalue weighted by atomic mass is 10.1. The minimum atomic E-state index is -1.82. The second-order valence-electron chi connectivity index (χ2n) is 6.43. The number of ether oxygens (including phenoxy) is 1. The summed E-state index contributed by atoms with van der Waals surface area (Å²) in [6, 6.07) is 0. The van der Waals surface area contributed by atoms with Crippen LogP contribution in [0.25, 0.3) is 0 Å². The molecule has 1 heterocycles. The first-order valence-corrected chi connectivity index (χ1v) is 9.12. The number of rotatable bonds is 3. The van der Waals surface area contributed by atoms with Crippen LogP contribution in [0.1, 0.15) is 27.7 Å². The Balaban J connectivity index is 2.53. The zero-order valence-corrected chi connectivity index (χ0v) is 12.7. The summed E-state index contributed by atoms with van der Waals surface area (Å²) in [6.45, 7) is 13.0. The second-order valence-corrected chi connectivity index (χ2v) is 11.2. The number of hydrogen-bond donors (Lipinski definition) is 2. The van der Waals surface area contributed by atoms with Gasteiger partial charge >= 0.3 is 0 Å². The van der Waals surface area contributed by atoms with Gasteiger partial charge in [0.15, 0.2) is 8.32 Å². The van der Waals surface area contributed by atoms with Crippen LogP contribution in [0, 0.1) is 0 Å². The predicted molar refractivity (Wildman–Crippen MR) is 69.5 cm³/mol. The van der Waals surface area contributed by atoms with E-state index in [1.54, 1.807) is 6.92 Å². The van der Waals surface area contributed by atoms with Crippen molar-refractivity contribution in [2.45, 2.75) is 70.2 Å². The highest BCUT2D eigenvalue weighted by atomic mass is 28.4. The lowest BCUT2D eigenvalue weighted by molar-refractivity contribution is -0.0140. The topological polar surface area (TPSA) is 58.9 Å². The van der Waals surface area contributed by atoms with Gasteiger partial charge in [0.25, 0.3) is 0 Å². The molecular weight excluding hydrogens is 236 g/mol. The van der Waals surface area contributed by atoms with Crippen LogP contribution in [0.4, 0.5) is 0 Å². The molecule has 0 radical (unpaired) electrons. The molecular formula is C12H26O4Si. The van der Waals surface area contributed by atoms with Gasteiger partial charge < -0.3 is 19.4 Å². The predicted octanol–water partition coefficient (Wildman–Crippen LogP) is 1.52. The normalized spacial score (nSPS) is 35.3. The van der Waals surface area contributed by atoms with Gasteiger partial charge in [0.05, 0.1) is 12.7 Å². The van der Waals surface area contributed by atoms with Crippen molar-refractivity contribution in [3.8, 4) is 0 Å². The maximum Gasteiger partial charge on any atom is 0.192 e. The quantitative estimate of drug-likeness (QED) is 0.757. The van der Waals surface area contributed by atoms with E-state index in [0.717, 1.165) is 0 Å². The van der Waals surface area contributed by atoms with E-state index >= 15 is 0 Å². The summed E-state index contributed by atoms with van der Waals surface area (Å²) < 4.78 is 11.5. The van der Waals surface area contributed by atoms with E-state index < -0.39 is 26.6 Å². The Morgan fingerprint density at radius 1 is 1.18 bits per heavy atom. The summed E-state index contributed by atoms with van der Waals surface area (Å²) in [4.78, 5) is 0. The maximum atomic E-state index is 9.79. The zero-order chi connectivity index (χ0) is 13.4. The van der Waals surface area contributed by atoms with Gasteiger partial charge in [0.1, 0.15) is 18.3 Å². The van der Waals surface area contributed by atoms with Gasteiger partial charge in [-0.1, -0.05) is 20.8 Å². The highest BCUT2D eigenvalue weighted by Gasteiger charge is 2.43. The van der Waals surface area contributed by atoms with Crippen molar-refractivity contribution >= 4 is 8.32 Å². The number of hydrogen-bond acceptors (Lipinski definition) is 4. The molecule has 0 amide bonds. The maximum absolute atomic E-state index is 9.79. The van der Waals surface area contributed by atoms with Gasteiger partial charge in [0.2, 0.25) is 0 Å². The van der Waals surface area contributed by atoms with E-state index in [-0.39, 0.29) is 11.1 Å². The molecule has 0 aliphatic carbocycles. The molecule has 0 aromatic heterocycles. The van der Waals surface area contributed by atoms with Crippen LogP contribution in [-0.4, -0.2) is 49.6 Å². The van der Waals surface area contributed by atoms with Crippen molar-refractivity contribution in [1.29, 1.82) is 0 Å². The van der Waals surface area contributed by atoms with Crippen molar-refractivity contribution in [1.82, 2.24) is 0 Å². The molecule has 4 nitrogen and oxygen atoms in total. The highest BCUT2D eigenvalue weighted by Crippen LogP contribution is 2.37. The van der Waals surface area contributed by atoms with Gasteiger partial charge in [0, 0.05) is 0 Å². The molecule has 0 aromatic rings. The molecule has 1 rings (SSSR count). The summed E-state index contributed by atoms with van der Waals surface area (Å²) in [7, 11) is -1.82. The average Bonchev–Trinajstić information content (AvgIpc) is 2.41. The van der Waals surface area contributed by atoms with Crippen molar-refractivity contribution in [2.24, 2.45) is 0 Å². The second kappa shape index (κ2) is 4.97. The zero-order valence-electron chi connectivity index (χ0n) is 11.7. The number of aliphatic hydroxyl groups excluding tert-OH is 2. The molecule has 1 fully saturated rings. The summed E-state index contributed by atoms with van der Waals surface area (Å²) in [5, 5.41) is 19.5. The first kappa shape index (κ1) is 15.1. The van der Waals surface area contributed by atoms with E-state index in [9.17, 15) is 10.2 Å². The van der Waals surface area contributed by atoms with E-state index in [1.165, 1.54) is 0 Å². The SMILES string of the molecule is C[C@@H]1O[C@H](CO[Si](C)(C)C(C)(C)C)[C@@H](O)[C@H]1O. The van der Waals surface area contributed by atoms with Crippen molar-refractivity contribution < 1.29 is 19.4 Å². The van der Waals surface area contributed by atoms with Gasteiger partial charge in [-0.05, 0) is 25.1 Å². The Morgan fingerprint density at radius 2 is 1.71 bits per heavy atom. The van der Waals surface area contributed by atoms with E-state index in [1.807, 2.05) is 0 Å². The van der Waals surface area contributed by atoms with Crippen LogP contribution >= 0.6 is 0 Å². The Hall–Kier alpha value is 0.0569. The Morgan fingerprint density at radius 3 is 2.06 bits per heavy atom. The minimum absolute atomic E-state index is 0.140. The fourth-order valence-corrected chi connectivity index (χ4v) is 2.59. The average molecular weight is 262 g/mol. The fraction of sp³-hybridized carbons (Fsp3) is 1.00. The van der Waals surface area contributed by atoms with E-state index in [2.05, 4.69) is 33.9 Å².